The van der Waals surface area contributed by atoms with Gasteiger partial charge in [0.1, 0.15) is 5.78 Å². The van der Waals surface area contributed by atoms with Crippen LogP contribution in [-0.4, -0.2) is 23.3 Å². The molecular weight excluding hydrogens is 300 g/mol. The Balaban J connectivity index is 1.69. The van der Waals surface area contributed by atoms with Gasteiger partial charge in [-0.2, -0.15) is 0 Å². The molecule has 4 aliphatic carbocycles. The van der Waals surface area contributed by atoms with Crippen molar-refractivity contribution < 1.29 is 14.7 Å². The lowest BCUT2D eigenvalue weighted by molar-refractivity contribution is -0.130. The number of hydrogen-bond donors (Lipinski definition) is 1. The van der Waals surface area contributed by atoms with Crippen molar-refractivity contribution in [2.45, 2.75) is 65.2 Å². The molecular formula is C21H30O3. The van der Waals surface area contributed by atoms with Gasteiger partial charge in [-0.15, -0.1) is 0 Å². The highest BCUT2D eigenvalue weighted by Crippen LogP contribution is 2.66. The van der Waals surface area contributed by atoms with E-state index in [4.69, 9.17) is 0 Å². The topological polar surface area (TPSA) is 54.4 Å². The number of carbonyl (C=O) groups excluding carboxylic acids is 2. The third kappa shape index (κ3) is 2.06. The maximum Gasteiger partial charge on any atom is 0.155 e. The highest BCUT2D eigenvalue weighted by atomic mass is 16.3. The minimum Gasteiger partial charge on any atom is -0.395 e. The van der Waals surface area contributed by atoms with Crippen LogP contribution in [0.25, 0.3) is 0 Å². The molecule has 4 aliphatic rings. The van der Waals surface area contributed by atoms with Crippen LogP contribution in [0, 0.1) is 34.5 Å². The molecule has 0 aromatic rings. The molecule has 6 atom stereocenters. The van der Waals surface area contributed by atoms with E-state index < -0.39 is 0 Å². The summed E-state index contributed by atoms with van der Waals surface area (Å²) in [6.45, 7) is 4.31. The maximum atomic E-state index is 12.2. The van der Waals surface area contributed by atoms with Crippen molar-refractivity contribution in [3.63, 3.8) is 0 Å². The van der Waals surface area contributed by atoms with Crippen LogP contribution in [0.4, 0.5) is 0 Å². The van der Waals surface area contributed by atoms with E-state index in [1.165, 1.54) is 12.0 Å². The Morgan fingerprint density at radius 1 is 1.17 bits per heavy atom. The summed E-state index contributed by atoms with van der Waals surface area (Å²) in [4.78, 5) is 24.1. The Kier molecular flexibility index (Phi) is 3.80. The van der Waals surface area contributed by atoms with Crippen LogP contribution in [0.2, 0.25) is 0 Å². The van der Waals surface area contributed by atoms with E-state index in [0.29, 0.717) is 30.0 Å². The van der Waals surface area contributed by atoms with E-state index in [9.17, 15) is 14.7 Å². The second kappa shape index (κ2) is 5.52. The van der Waals surface area contributed by atoms with Crippen molar-refractivity contribution >= 4 is 11.6 Å². The number of carbonyl (C=O) groups is 2. The zero-order chi connectivity index (χ0) is 17.1. The van der Waals surface area contributed by atoms with E-state index in [1.807, 2.05) is 6.08 Å². The first-order chi connectivity index (χ1) is 11.4. The number of fused-ring (bicyclic) bond motifs is 5. The molecule has 24 heavy (non-hydrogen) atoms. The van der Waals surface area contributed by atoms with Crippen molar-refractivity contribution in [2.24, 2.45) is 34.5 Å². The Morgan fingerprint density at radius 3 is 2.67 bits per heavy atom. The normalized spacial score (nSPS) is 47.5. The number of aliphatic hydroxyl groups is 1. The van der Waals surface area contributed by atoms with Crippen LogP contribution in [-0.2, 0) is 9.59 Å². The van der Waals surface area contributed by atoms with Crippen molar-refractivity contribution in [1.29, 1.82) is 0 Å². The second-order valence-electron chi connectivity index (χ2n) is 9.15. The van der Waals surface area contributed by atoms with Gasteiger partial charge in [0, 0.05) is 17.8 Å². The molecule has 3 fully saturated rings. The van der Waals surface area contributed by atoms with E-state index in [0.717, 1.165) is 38.5 Å². The summed E-state index contributed by atoms with van der Waals surface area (Å²) < 4.78 is 0. The molecule has 3 heteroatoms. The average Bonchev–Trinajstić information content (AvgIpc) is 2.91. The minimum atomic E-state index is -0.146. The van der Waals surface area contributed by atoms with Crippen LogP contribution >= 0.6 is 0 Å². The number of aliphatic hydroxyl groups excluding tert-OH is 1. The number of Topliss-reactive ketones (excluding diaryl/α,β-unsaturated/α-hetero) is 1. The molecule has 4 rings (SSSR count). The monoisotopic (exact) mass is 330 g/mol. The largest absolute Gasteiger partial charge is 0.395 e. The molecule has 0 spiro atoms. The minimum absolute atomic E-state index is 0.146. The van der Waals surface area contributed by atoms with Gasteiger partial charge in [0.25, 0.3) is 0 Å². The van der Waals surface area contributed by atoms with Gasteiger partial charge in [-0.3, -0.25) is 9.59 Å². The molecule has 3 saturated carbocycles. The van der Waals surface area contributed by atoms with Crippen molar-refractivity contribution in [2.75, 3.05) is 6.61 Å². The van der Waals surface area contributed by atoms with Crippen LogP contribution in [0.3, 0.4) is 0 Å². The predicted octanol–water partition coefficient (Wildman–Crippen LogP) is 3.70. The third-order valence-electron chi connectivity index (χ3n) is 8.46. The maximum absolute atomic E-state index is 12.2. The van der Waals surface area contributed by atoms with Gasteiger partial charge in [0.15, 0.2) is 5.78 Å². The zero-order valence-electron chi connectivity index (χ0n) is 15.0. The summed E-state index contributed by atoms with van der Waals surface area (Å²) in [5.74, 6) is 2.58. The lowest BCUT2D eigenvalue weighted by atomic mass is 9.46. The molecule has 132 valence electrons. The highest BCUT2D eigenvalue weighted by Gasteiger charge is 2.60. The number of hydrogen-bond acceptors (Lipinski definition) is 3. The van der Waals surface area contributed by atoms with Crippen molar-refractivity contribution in [3.05, 3.63) is 11.6 Å². The molecule has 3 nitrogen and oxygen atoms in total. The SMILES string of the molecule is CC(=O)[C@@H]1CC[C@@H]2[C@H]3CCC4=CC(=O)CC[C@]4(CO)[C@@H]3CC[C@@]21C. The molecule has 0 aromatic carbocycles. The molecule has 1 N–H and O–H groups in total. The van der Waals surface area contributed by atoms with Crippen LogP contribution in [0.5, 0.6) is 0 Å². The molecule has 0 radical (unpaired) electrons. The van der Waals surface area contributed by atoms with E-state index in [1.54, 1.807) is 6.92 Å². The highest BCUT2D eigenvalue weighted by molar-refractivity contribution is 5.91. The predicted molar refractivity (Wildman–Crippen MR) is 92.3 cm³/mol. The first kappa shape index (κ1) is 16.5. The fourth-order valence-electron chi connectivity index (χ4n) is 7.33. The number of rotatable bonds is 2. The number of ketones is 2. The van der Waals surface area contributed by atoms with Crippen LogP contribution in [0.1, 0.15) is 65.2 Å². The zero-order valence-corrected chi connectivity index (χ0v) is 15.0. The Morgan fingerprint density at radius 2 is 1.96 bits per heavy atom. The van der Waals surface area contributed by atoms with Gasteiger partial charge in [-0.25, -0.2) is 0 Å². The summed E-state index contributed by atoms with van der Waals surface area (Å²) in [5.41, 5.74) is 1.24. The fourth-order valence-corrected chi connectivity index (χ4v) is 7.33. The molecule has 0 heterocycles. The van der Waals surface area contributed by atoms with Crippen LogP contribution < -0.4 is 0 Å². The van der Waals surface area contributed by atoms with Crippen molar-refractivity contribution in [3.8, 4) is 0 Å². The molecule has 0 aromatic heterocycles. The Bertz CT molecular complexity index is 606. The summed E-state index contributed by atoms with van der Waals surface area (Å²) in [6, 6.07) is 0. The summed E-state index contributed by atoms with van der Waals surface area (Å²) in [5, 5.41) is 10.3. The van der Waals surface area contributed by atoms with Gasteiger partial charge in [-0.1, -0.05) is 12.5 Å². The Hall–Kier alpha value is -0.960. The molecule has 0 bridgehead atoms. The van der Waals surface area contributed by atoms with E-state index in [2.05, 4.69) is 6.92 Å². The van der Waals surface area contributed by atoms with Gasteiger partial charge in [0.2, 0.25) is 0 Å². The van der Waals surface area contributed by atoms with E-state index in [-0.39, 0.29) is 29.1 Å². The van der Waals surface area contributed by atoms with Gasteiger partial charge in [0.05, 0.1) is 6.61 Å². The smallest absolute Gasteiger partial charge is 0.155 e. The quantitative estimate of drug-likeness (QED) is 0.840. The summed E-state index contributed by atoms with van der Waals surface area (Å²) >= 11 is 0. The second-order valence-corrected chi connectivity index (χ2v) is 9.15. The molecule has 0 unspecified atom stereocenters. The standard InChI is InChI=1S/C21H30O3/c1-13(23)17-5-6-18-16-4-3-14-11-15(24)7-10-21(14,12-22)19(16)8-9-20(17,18)2/h11,16-19,22H,3-10,12H2,1-2H3/t16-,17+,18-,19-,20-,21-/m1/s1. The van der Waals surface area contributed by atoms with Gasteiger partial charge < -0.3 is 5.11 Å². The van der Waals surface area contributed by atoms with Gasteiger partial charge in [-0.05, 0) is 81.1 Å². The molecule has 0 aliphatic heterocycles. The van der Waals surface area contributed by atoms with Gasteiger partial charge >= 0.3 is 0 Å². The fraction of sp³-hybridized carbons (Fsp3) is 0.810. The lowest BCUT2D eigenvalue weighted by Gasteiger charge is -2.58. The lowest BCUT2D eigenvalue weighted by Crippen LogP contribution is -2.53. The molecule has 0 amide bonds. The van der Waals surface area contributed by atoms with E-state index >= 15 is 0 Å². The third-order valence-corrected chi connectivity index (χ3v) is 8.46. The summed E-state index contributed by atoms with van der Waals surface area (Å²) in [7, 11) is 0. The first-order valence-electron chi connectivity index (χ1n) is 9.77. The molecule has 0 saturated heterocycles. The first-order valence-corrected chi connectivity index (χ1v) is 9.77. The van der Waals surface area contributed by atoms with Crippen molar-refractivity contribution in [1.82, 2.24) is 0 Å². The summed E-state index contributed by atoms with van der Waals surface area (Å²) in [6.07, 6.45) is 9.80. The Labute approximate surface area is 144 Å². The van der Waals surface area contributed by atoms with Crippen LogP contribution in [0.15, 0.2) is 11.6 Å². The average molecular weight is 330 g/mol.